The highest BCUT2D eigenvalue weighted by Gasteiger charge is 2.27. The summed E-state index contributed by atoms with van der Waals surface area (Å²) in [5.74, 6) is -1.98. The van der Waals surface area contributed by atoms with Crippen LogP contribution in [-0.4, -0.2) is 34.2 Å². The van der Waals surface area contributed by atoms with Gasteiger partial charge in [0.1, 0.15) is 12.1 Å². The van der Waals surface area contributed by atoms with Gasteiger partial charge in [0.15, 0.2) is 0 Å². The van der Waals surface area contributed by atoms with Crippen LogP contribution < -0.4 is 5.32 Å². The monoisotopic (exact) mass is 359 g/mol. The van der Waals surface area contributed by atoms with Crippen molar-refractivity contribution in [2.45, 2.75) is 45.2 Å². The van der Waals surface area contributed by atoms with E-state index in [1.807, 2.05) is 44.2 Å². The zero-order valence-electron chi connectivity index (χ0n) is 15.0. The van der Waals surface area contributed by atoms with Gasteiger partial charge < -0.3 is 14.6 Å². The van der Waals surface area contributed by atoms with Crippen LogP contribution in [0.15, 0.2) is 47.3 Å². The average Bonchev–Trinajstić information content (AvgIpc) is 3.00. The number of carboxylic acid groups (broad SMARTS) is 2. The quantitative estimate of drug-likeness (QED) is 0.603. The van der Waals surface area contributed by atoms with E-state index in [1.165, 1.54) is 6.26 Å². The van der Waals surface area contributed by atoms with Crippen LogP contribution in [0.3, 0.4) is 0 Å². The molecule has 6 heteroatoms. The molecule has 0 radical (unpaired) electrons. The Bertz CT molecular complexity index is 723. The Hall–Kier alpha value is -2.60. The maximum Gasteiger partial charge on any atom is 0.321 e. The van der Waals surface area contributed by atoms with E-state index in [9.17, 15) is 19.8 Å². The zero-order valence-corrected chi connectivity index (χ0v) is 15.0. The van der Waals surface area contributed by atoms with E-state index in [2.05, 4.69) is 5.32 Å². The van der Waals surface area contributed by atoms with Gasteiger partial charge >= 0.3 is 11.9 Å². The molecule has 0 spiro atoms. The second kappa shape index (κ2) is 9.20. The van der Waals surface area contributed by atoms with Crippen LogP contribution in [0.5, 0.6) is 0 Å². The van der Waals surface area contributed by atoms with Gasteiger partial charge in [0.05, 0.1) is 12.5 Å². The molecule has 1 aromatic carbocycles. The molecular weight excluding hydrogens is 334 g/mol. The van der Waals surface area contributed by atoms with Gasteiger partial charge in [-0.25, -0.2) is 0 Å². The normalized spacial score (nSPS) is 13.5. The lowest BCUT2D eigenvalue weighted by atomic mass is 9.98. The summed E-state index contributed by atoms with van der Waals surface area (Å²) >= 11 is 0. The smallest absolute Gasteiger partial charge is 0.321 e. The van der Waals surface area contributed by atoms with E-state index >= 15 is 0 Å². The van der Waals surface area contributed by atoms with E-state index in [-0.39, 0.29) is 12.3 Å². The number of hydrogen-bond acceptors (Lipinski definition) is 4. The van der Waals surface area contributed by atoms with Crippen molar-refractivity contribution in [3.05, 3.63) is 59.5 Å². The molecule has 1 heterocycles. The van der Waals surface area contributed by atoms with E-state index in [4.69, 9.17) is 4.42 Å². The van der Waals surface area contributed by atoms with E-state index in [0.717, 1.165) is 16.7 Å². The number of aliphatic carboxylic acids is 2. The molecule has 0 saturated carbocycles. The molecule has 0 aliphatic rings. The predicted octanol–water partition coefficient (Wildman–Crippen LogP) is 2.96. The SMILES string of the molecule is CC(C)CC(NC(Cc1cocc1Cc1ccccc1)C(=O)O)C(=O)O. The van der Waals surface area contributed by atoms with Crippen LogP contribution in [-0.2, 0) is 22.4 Å². The third-order valence-electron chi connectivity index (χ3n) is 4.20. The molecule has 3 N–H and O–H groups in total. The lowest BCUT2D eigenvalue weighted by Crippen LogP contribution is -2.48. The summed E-state index contributed by atoms with van der Waals surface area (Å²) in [6, 6.07) is 7.91. The van der Waals surface area contributed by atoms with Gasteiger partial charge in [-0.05, 0) is 29.0 Å². The standard InChI is InChI=1S/C20H25NO5/c1-13(2)8-17(19(22)23)21-18(20(24)25)10-16-12-26-11-15(16)9-14-6-4-3-5-7-14/h3-7,11-13,17-18,21H,8-10H2,1-2H3,(H,22,23)(H,24,25). The molecule has 0 saturated heterocycles. The van der Waals surface area contributed by atoms with E-state index < -0.39 is 24.0 Å². The molecule has 2 aromatic rings. The molecule has 0 aliphatic heterocycles. The summed E-state index contributed by atoms with van der Waals surface area (Å²) in [6.07, 6.45) is 4.31. The number of rotatable bonds is 10. The van der Waals surface area contributed by atoms with Crippen molar-refractivity contribution in [3.8, 4) is 0 Å². The first-order valence-electron chi connectivity index (χ1n) is 8.66. The number of benzene rings is 1. The molecular formula is C20H25NO5. The third-order valence-corrected chi connectivity index (χ3v) is 4.20. The topological polar surface area (TPSA) is 99.8 Å². The first-order valence-corrected chi connectivity index (χ1v) is 8.66. The van der Waals surface area contributed by atoms with Crippen LogP contribution in [0, 0.1) is 5.92 Å². The minimum Gasteiger partial charge on any atom is -0.480 e. The Morgan fingerprint density at radius 3 is 2.19 bits per heavy atom. The Morgan fingerprint density at radius 2 is 1.62 bits per heavy atom. The molecule has 0 bridgehead atoms. The van der Waals surface area contributed by atoms with Crippen molar-refractivity contribution in [1.82, 2.24) is 5.32 Å². The van der Waals surface area contributed by atoms with Crippen molar-refractivity contribution in [1.29, 1.82) is 0 Å². The molecule has 2 atom stereocenters. The Balaban J connectivity index is 2.12. The largest absolute Gasteiger partial charge is 0.480 e. The lowest BCUT2D eigenvalue weighted by molar-refractivity contribution is -0.142. The lowest BCUT2D eigenvalue weighted by Gasteiger charge is -2.21. The first kappa shape index (κ1) is 19.7. The predicted molar refractivity (Wildman–Crippen MR) is 97.1 cm³/mol. The van der Waals surface area contributed by atoms with Crippen LogP contribution >= 0.6 is 0 Å². The minimum atomic E-state index is -1.08. The van der Waals surface area contributed by atoms with Crippen LogP contribution in [0.25, 0.3) is 0 Å². The van der Waals surface area contributed by atoms with Gasteiger partial charge in [-0.1, -0.05) is 44.2 Å². The van der Waals surface area contributed by atoms with Gasteiger partial charge in [0.25, 0.3) is 0 Å². The second-order valence-corrected chi connectivity index (χ2v) is 6.87. The third kappa shape index (κ3) is 5.74. The highest BCUT2D eigenvalue weighted by Crippen LogP contribution is 2.18. The number of furan rings is 1. The zero-order chi connectivity index (χ0) is 19.1. The summed E-state index contributed by atoms with van der Waals surface area (Å²) in [5, 5.41) is 21.7. The van der Waals surface area contributed by atoms with Crippen molar-refractivity contribution in [2.75, 3.05) is 0 Å². The van der Waals surface area contributed by atoms with Gasteiger partial charge in [-0.3, -0.25) is 14.9 Å². The molecule has 2 unspecified atom stereocenters. The molecule has 2 rings (SSSR count). The highest BCUT2D eigenvalue weighted by molar-refractivity contribution is 5.77. The van der Waals surface area contributed by atoms with Crippen molar-refractivity contribution in [3.63, 3.8) is 0 Å². The fraction of sp³-hybridized carbons (Fsp3) is 0.400. The molecule has 26 heavy (non-hydrogen) atoms. The fourth-order valence-electron chi connectivity index (χ4n) is 2.89. The highest BCUT2D eigenvalue weighted by atomic mass is 16.4. The Morgan fingerprint density at radius 1 is 1.00 bits per heavy atom. The minimum absolute atomic E-state index is 0.139. The summed E-state index contributed by atoms with van der Waals surface area (Å²) in [5.41, 5.74) is 2.76. The summed E-state index contributed by atoms with van der Waals surface area (Å²) in [6.45, 7) is 3.81. The molecule has 1 aromatic heterocycles. The van der Waals surface area contributed by atoms with E-state index in [1.54, 1.807) is 6.26 Å². The molecule has 0 aliphatic carbocycles. The molecule has 6 nitrogen and oxygen atoms in total. The van der Waals surface area contributed by atoms with Crippen molar-refractivity contribution in [2.24, 2.45) is 5.92 Å². The van der Waals surface area contributed by atoms with Crippen molar-refractivity contribution >= 4 is 11.9 Å². The van der Waals surface area contributed by atoms with Crippen LogP contribution in [0.2, 0.25) is 0 Å². The fourth-order valence-corrected chi connectivity index (χ4v) is 2.89. The van der Waals surface area contributed by atoms with Crippen LogP contribution in [0.4, 0.5) is 0 Å². The molecule has 140 valence electrons. The van der Waals surface area contributed by atoms with Gasteiger partial charge in [-0.2, -0.15) is 0 Å². The average molecular weight is 359 g/mol. The van der Waals surface area contributed by atoms with Crippen LogP contribution in [0.1, 0.15) is 37.0 Å². The summed E-state index contributed by atoms with van der Waals surface area (Å²) < 4.78 is 5.28. The Kier molecular flexibility index (Phi) is 6.97. The number of nitrogens with one attached hydrogen (secondary N) is 1. The number of carbonyl (C=O) groups is 2. The van der Waals surface area contributed by atoms with Gasteiger partial charge in [0.2, 0.25) is 0 Å². The van der Waals surface area contributed by atoms with Crippen molar-refractivity contribution < 1.29 is 24.2 Å². The van der Waals surface area contributed by atoms with E-state index in [0.29, 0.717) is 12.8 Å². The number of hydrogen-bond donors (Lipinski definition) is 3. The first-order chi connectivity index (χ1) is 12.4. The Labute approximate surface area is 152 Å². The summed E-state index contributed by atoms with van der Waals surface area (Å²) in [4.78, 5) is 23.1. The second-order valence-electron chi connectivity index (χ2n) is 6.87. The summed E-state index contributed by atoms with van der Waals surface area (Å²) in [7, 11) is 0. The van der Waals surface area contributed by atoms with Gasteiger partial charge in [-0.15, -0.1) is 0 Å². The maximum absolute atomic E-state index is 11.7. The maximum atomic E-state index is 11.7. The number of carboxylic acids is 2. The van der Waals surface area contributed by atoms with Gasteiger partial charge in [0, 0.05) is 12.8 Å². The molecule has 0 fully saturated rings. The molecule has 0 amide bonds.